The maximum Gasteiger partial charge on any atom is 0.268 e. The summed E-state index contributed by atoms with van der Waals surface area (Å²) in [4.78, 5) is 24.8. The fourth-order valence-electron chi connectivity index (χ4n) is 2.39. The van der Waals surface area contributed by atoms with Crippen molar-refractivity contribution in [1.29, 1.82) is 0 Å². The first kappa shape index (κ1) is 19.7. The smallest absolute Gasteiger partial charge is 0.268 e. The molecule has 1 aromatic carbocycles. The second-order valence-electron chi connectivity index (χ2n) is 5.92. The molecular formula is C21H26N2O3. The Bertz CT molecular complexity index is 766. The average Bonchev–Trinajstić information content (AvgIpc) is 2.67. The van der Waals surface area contributed by atoms with Crippen molar-refractivity contribution in [2.24, 2.45) is 0 Å². The van der Waals surface area contributed by atoms with E-state index >= 15 is 0 Å². The highest BCUT2D eigenvalue weighted by molar-refractivity contribution is 6.18. The van der Waals surface area contributed by atoms with Crippen LogP contribution in [0.2, 0.25) is 0 Å². The van der Waals surface area contributed by atoms with Crippen LogP contribution in [-0.2, 0) is 9.53 Å². The fourth-order valence-corrected chi connectivity index (χ4v) is 2.39. The van der Waals surface area contributed by atoms with Gasteiger partial charge in [0.1, 0.15) is 5.70 Å². The lowest BCUT2D eigenvalue weighted by atomic mass is 10.2. The second-order valence-corrected chi connectivity index (χ2v) is 5.92. The van der Waals surface area contributed by atoms with Gasteiger partial charge < -0.3 is 10.1 Å². The summed E-state index contributed by atoms with van der Waals surface area (Å²) in [6.45, 7) is 3.99. The van der Waals surface area contributed by atoms with Gasteiger partial charge in [-0.05, 0) is 30.5 Å². The number of benzene rings is 1. The van der Waals surface area contributed by atoms with E-state index in [4.69, 9.17) is 4.74 Å². The maximum atomic E-state index is 12.7. The first-order valence-corrected chi connectivity index (χ1v) is 9.03. The minimum atomic E-state index is -0.282. The van der Waals surface area contributed by atoms with Gasteiger partial charge in [-0.2, -0.15) is 0 Å². The van der Waals surface area contributed by atoms with Crippen LogP contribution in [0.15, 0.2) is 59.5 Å². The van der Waals surface area contributed by atoms with Crippen molar-refractivity contribution in [1.82, 2.24) is 9.88 Å². The van der Waals surface area contributed by atoms with Crippen molar-refractivity contribution in [3.05, 3.63) is 70.6 Å². The number of carbonyl (C=O) groups is 1. The van der Waals surface area contributed by atoms with Crippen molar-refractivity contribution in [3.8, 4) is 0 Å². The van der Waals surface area contributed by atoms with E-state index < -0.39 is 0 Å². The minimum absolute atomic E-state index is 0.243. The lowest BCUT2D eigenvalue weighted by Crippen LogP contribution is -2.31. The highest BCUT2D eigenvalue weighted by Gasteiger charge is 2.12. The normalized spacial score (nSPS) is 11.3. The number of nitrogens with one attached hydrogen (secondary N) is 1. The number of amides is 1. The molecule has 0 saturated carbocycles. The van der Waals surface area contributed by atoms with Crippen molar-refractivity contribution >= 4 is 17.7 Å². The molecule has 0 atom stereocenters. The summed E-state index contributed by atoms with van der Waals surface area (Å²) in [5, 5.41) is 2.87. The average molecular weight is 354 g/mol. The Morgan fingerprint density at radius 2 is 1.81 bits per heavy atom. The molecule has 0 radical (unpaired) electrons. The third-order valence-electron chi connectivity index (χ3n) is 3.81. The van der Waals surface area contributed by atoms with Crippen LogP contribution in [0.5, 0.6) is 0 Å². The molecule has 26 heavy (non-hydrogen) atoms. The van der Waals surface area contributed by atoms with E-state index in [0.29, 0.717) is 18.8 Å². The van der Waals surface area contributed by atoms with E-state index in [1.54, 1.807) is 24.4 Å². The highest BCUT2D eigenvalue weighted by atomic mass is 16.5. The molecule has 0 fully saturated rings. The summed E-state index contributed by atoms with van der Waals surface area (Å²) in [6, 6.07) is 14.3. The molecule has 5 heteroatoms. The van der Waals surface area contributed by atoms with Gasteiger partial charge in [0.05, 0.1) is 0 Å². The zero-order valence-electron chi connectivity index (χ0n) is 15.2. The monoisotopic (exact) mass is 354 g/mol. The number of unbranched alkanes of at least 4 members (excludes halogenated alkanes) is 1. The van der Waals surface area contributed by atoms with E-state index in [1.165, 1.54) is 10.6 Å². The number of rotatable bonds is 10. The van der Waals surface area contributed by atoms with E-state index in [2.05, 4.69) is 12.2 Å². The first-order chi connectivity index (χ1) is 12.7. The molecule has 1 N–H and O–H groups in total. The van der Waals surface area contributed by atoms with Crippen LogP contribution in [0.4, 0.5) is 0 Å². The summed E-state index contributed by atoms with van der Waals surface area (Å²) < 4.78 is 6.86. The topological polar surface area (TPSA) is 60.3 Å². The van der Waals surface area contributed by atoms with Crippen LogP contribution < -0.4 is 10.9 Å². The molecule has 138 valence electrons. The van der Waals surface area contributed by atoms with Gasteiger partial charge in [0.15, 0.2) is 0 Å². The quantitative estimate of drug-likeness (QED) is 0.527. The molecule has 1 amide bonds. The second kappa shape index (κ2) is 11.1. The number of nitrogens with zero attached hydrogens (tertiary/aromatic N) is 1. The molecule has 2 rings (SSSR count). The van der Waals surface area contributed by atoms with Crippen molar-refractivity contribution in [2.45, 2.75) is 26.2 Å². The molecule has 5 nitrogen and oxygen atoms in total. The van der Waals surface area contributed by atoms with E-state index in [0.717, 1.165) is 31.4 Å². The lowest BCUT2D eigenvalue weighted by Gasteiger charge is -2.12. The van der Waals surface area contributed by atoms with Crippen LogP contribution in [0.1, 0.15) is 31.7 Å². The van der Waals surface area contributed by atoms with Gasteiger partial charge in [-0.3, -0.25) is 14.2 Å². The van der Waals surface area contributed by atoms with E-state index in [-0.39, 0.29) is 11.5 Å². The van der Waals surface area contributed by atoms with E-state index in [9.17, 15) is 9.59 Å². The van der Waals surface area contributed by atoms with Gasteiger partial charge >= 0.3 is 0 Å². The standard InChI is InChI=1S/C21H26N2O3/c1-2-3-15-26-16-9-13-22-21(25)19(17-18-10-5-4-6-11-18)23-14-8-7-12-20(23)24/h4-8,10-12,14,17H,2-3,9,13,15-16H2,1H3,(H,22,25). The van der Waals surface area contributed by atoms with Gasteiger partial charge in [-0.15, -0.1) is 0 Å². The van der Waals surface area contributed by atoms with Gasteiger partial charge in [0, 0.05) is 32.0 Å². The third-order valence-corrected chi connectivity index (χ3v) is 3.81. The van der Waals surface area contributed by atoms with Gasteiger partial charge in [-0.1, -0.05) is 49.7 Å². The number of carbonyl (C=O) groups excluding carboxylic acids is 1. The van der Waals surface area contributed by atoms with Crippen molar-refractivity contribution in [2.75, 3.05) is 19.8 Å². The predicted octanol–water partition coefficient (Wildman–Crippen LogP) is 3.17. The van der Waals surface area contributed by atoms with Crippen molar-refractivity contribution in [3.63, 3.8) is 0 Å². The van der Waals surface area contributed by atoms with Crippen LogP contribution >= 0.6 is 0 Å². The molecule has 0 aliphatic carbocycles. The SMILES string of the molecule is CCCCOCCCNC(=O)C(=Cc1ccccc1)n1ccccc1=O. The van der Waals surface area contributed by atoms with Crippen LogP contribution in [0.3, 0.4) is 0 Å². The van der Waals surface area contributed by atoms with Crippen molar-refractivity contribution < 1.29 is 9.53 Å². The molecule has 0 saturated heterocycles. The summed E-state index contributed by atoms with van der Waals surface area (Å²) in [6.07, 6.45) is 6.21. The number of aromatic nitrogens is 1. The summed E-state index contributed by atoms with van der Waals surface area (Å²) >= 11 is 0. The largest absolute Gasteiger partial charge is 0.381 e. The first-order valence-electron chi connectivity index (χ1n) is 9.03. The lowest BCUT2D eigenvalue weighted by molar-refractivity contribution is -0.116. The zero-order chi connectivity index (χ0) is 18.6. The molecular weight excluding hydrogens is 328 g/mol. The Morgan fingerprint density at radius 1 is 1.08 bits per heavy atom. The molecule has 0 aliphatic heterocycles. The Hall–Kier alpha value is -2.66. The third kappa shape index (κ3) is 6.33. The predicted molar refractivity (Wildman–Crippen MR) is 105 cm³/mol. The Labute approximate surface area is 154 Å². The molecule has 2 aromatic rings. The molecule has 1 aromatic heterocycles. The molecule has 0 spiro atoms. The summed E-state index contributed by atoms with van der Waals surface area (Å²) in [5.74, 6) is -0.282. The van der Waals surface area contributed by atoms with Gasteiger partial charge in [0.25, 0.3) is 11.5 Å². The minimum Gasteiger partial charge on any atom is -0.381 e. The number of pyridine rings is 1. The maximum absolute atomic E-state index is 12.7. The van der Waals surface area contributed by atoms with Gasteiger partial charge in [0.2, 0.25) is 0 Å². The van der Waals surface area contributed by atoms with Crippen LogP contribution in [-0.4, -0.2) is 30.2 Å². The number of hydrogen-bond donors (Lipinski definition) is 1. The van der Waals surface area contributed by atoms with Crippen LogP contribution in [0, 0.1) is 0 Å². The summed E-state index contributed by atoms with van der Waals surface area (Å²) in [5.41, 5.74) is 0.915. The van der Waals surface area contributed by atoms with Gasteiger partial charge in [-0.25, -0.2) is 0 Å². The molecule has 0 bridgehead atoms. The highest BCUT2D eigenvalue weighted by Crippen LogP contribution is 2.10. The Kier molecular flexibility index (Phi) is 8.36. The van der Waals surface area contributed by atoms with Crippen LogP contribution in [0.25, 0.3) is 11.8 Å². The Morgan fingerprint density at radius 3 is 2.54 bits per heavy atom. The summed E-state index contributed by atoms with van der Waals surface area (Å²) in [7, 11) is 0. The molecule has 0 unspecified atom stereocenters. The Balaban J connectivity index is 2.05. The molecule has 0 aliphatic rings. The zero-order valence-corrected chi connectivity index (χ0v) is 15.2. The number of ether oxygens (including phenoxy) is 1. The number of hydrogen-bond acceptors (Lipinski definition) is 3. The fraction of sp³-hybridized carbons (Fsp3) is 0.333. The molecule has 1 heterocycles. The van der Waals surface area contributed by atoms with E-state index in [1.807, 2.05) is 30.3 Å².